The molecular formula is C24H20BrClFN4. The number of nitrogens with zero attached hydrogens (tertiary/aromatic N) is 4. The number of aromatic nitrogens is 2. The molecule has 3 heterocycles. The van der Waals surface area contributed by atoms with Crippen molar-refractivity contribution in [3.05, 3.63) is 87.9 Å². The third kappa shape index (κ3) is 4.20. The molecule has 157 valence electrons. The van der Waals surface area contributed by atoms with E-state index in [9.17, 15) is 4.39 Å². The maximum atomic E-state index is 13.7. The van der Waals surface area contributed by atoms with Gasteiger partial charge in [0.1, 0.15) is 11.5 Å². The van der Waals surface area contributed by atoms with Crippen LogP contribution in [-0.4, -0.2) is 40.5 Å². The van der Waals surface area contributed by atoms with Crippen LogP contribution in [0.15, 0.2) is 65.3 Å². The van der Waals surface area contributed by atoms with E-state index in [1.165, 1.54) is 17.8 Å². The standard InChI is InChI=1S/C24H20BrClFN4/c25-18-6-4-17(5-7-18)24-22(31-10-2-1-3-23(31)28-24)16-29-11-13-30(14-12-29)21-15-19(27)8-9-20(21)26/h1-8,10,15H,11-14,16H2. The van der Waals surface area contributed by atoms with Gasteiger partial charge in [0.25, 0.3) is 0 Å². The van der Waals surface area contributed by atoms with Crippen molar-refractivity contribution >= 4 is 38.9 Å². The van der Waals surface area contributed by atoms with Crippen LogP contribution in [0.25, 0.3) is 16.9 Å². The van der Waals surface area contributed by atoms with Gasteiger partial charge in [0.05, 0.1) is 22.1 Å². The molecule has 2 aromatic heterocycles. The van der Waals surface area contributed by atoms with Gasteiger partial charge in [-0.3, -0.25) is 4.90 Å². The monoisotopic (exact) mass is 497 g/mol. The van der Waals surface area contributed by atoms with E-state index in [0.29, 0.717) is 10.7 Å². The summed E-state index contributed by atoms with van der Waals surface area (Å²) in [5.74, 6) is -0.313. The smallest absolute Gasteiger partial charge is 0.137 e. The molecule has 0 saturated carbocycles. The Morgan fingerprint density at radius 2 is 1.84 bits per heavy atom. The molecule has 1 aliphatic heterocycles. The van der Waals surface area contributed by atoms with Gasteiger partial charge in [-0.15, -0.1) is 0 Å². The predicted octanol–water partition coefficient (Wildman–Crippen LogP) is 5.68. The fourth-order valence-corrected chi connectivity index (χ4v) is 4.56. The van der Waals surface area contributed by atoms with E-state index in [2.05, 4.69) is 54.5 Å². The summed E-state index contributed by atoms with van der Waals surface area (Å²) in [6, 6.07) is 19.9. The van der Waals surface area contributed by atoms with Gasteiger partial charge in [0.2, 0.25) is 0 Å². The van der Waals surface area contributed by atoms with Gasteiger partial charge in [0, 0.05) is 55.0 Å². The first kappa shape index (κ1) is 20.5. The lowest BCUT2D eigenvalue weighted by atomic mass is 10.1. The number of hydrogen-bond acceptors (Lipinski definition) is 3. The maximum Gasteiger partial charge on any atom is 0.137 e. The summed E-state index contributed by atoms with van der Waals surface area (Å²) in [7, 11) is 0. The Hall–Kier alpha value is -2.41. The van der Waals surface area contributed by atoms with Crippen molar-refractivity contribution < 1.29 is 4.39 Å². The van der Waals surface area contributed by atoms with Crippen molar-refractivity contribution in [2.45, 2.75) is 6.54 Å². The van der Waals surface area contributed by atoms with E-state index >= 15 is 0 Å². The molecule has 0 atom stereocenters. The molecule has 1 aliphatic rings. The van der Waals surface area contributed by atoms with Crippen LogP contribution in [-0.2, 0) is 6.54 Å². The van der Waals surface area contributed by atoms with Crippen molar-refractivity contribution in [3.63, 3.8) is 0 Å². The van der Waals surface area contributed by atoms with E-state index in [-0.39, 0.29) is 5.82 Å². The normalized spacial score (nSPS) is 15.0. The van der Waals surface area contributed by atoms with E-state index in [1.807, 2.05) is 30.3 Å². The zero-order valence-electron chi connectivity index (χ0n) is 16.7. The molecule has 0 unspecified atom stereocenters. The first-order valence-corrected chi connectivity index (χ1v) is 11.3. The highest BCUT2D eigenvalue weighted by atomic mass is 79.9. The number of hydrogen-bond donors (Lipinski definition) is 0. The van der Waals surface area contributed by atoms with Crippen LogP contribution in [0, 0.1) is 11.9 Å². The summed E-state index contributed by atoms with van der Waals surface area (Å²) in [6.07, 6.45) is 2.07. The average Bonchev–Trinajstić information content (AvgIpc) is 3.15. The van der Waals surface area contributed by atoms with Crippen LogP contribution in [0.2, 0.25) is 5.02 Å². The lowest BCUT2D eigenvalue weighted by Crippen LogP contribution is -2.46. The highest BCUT2D eigenvalue weighted by Crippen LogP contribution is 2.29. The minimum absolute atomic E-state index is 0.313. The molecule has 0 aliphatic carbocycles. The van der Waals surface area contributed by atoms with Gasteiger partial charge in [-0.05, 0) is 36.4 Å². The third-order valence-corrected chi connectivity index (χ3v) is 6.50. The van der Waals surface area contributed by atoms with Gasteiger partial charge < -0.3 is 9.30 Å². The third-order valence-electron chi connectivity index (χ3n) is 5.67. The quantitative estimate of drug-likeness (QED) is 0.362. The molecular weight excluding hydrogens is 479 g/mol. The van der Waals surface area contributed by atoms with Crippen LogP contribution in [0.3, 0.4) is 0 Å². The predicted molar refractivity (Wildman–Crippen MR) is 126 cm³/mol. The van der Waals surface area contributed by atoms with E-state index in [0.717, 1.165) is 54.1 Å². The molecule has 5 rings (SSSR count). The molecule has 0 N–H and O–H groups in total. The average molecular weight is 499 g/mol. The molecule has 4 aromatic rings. The lowest BCUT2D eigenvalue weighted by molar-refractivity contribution is 0.247. The molecule has 0 spiro atoms. The number of rotatable bonds is 4. The van der Waals surface area contributed by atoms with Crippen molar-refractivity contribution in [2.75, 3.05) is 31.1 Å². The number of benzene rings is 2. The summed E-state index contributed by atoms with van der Waals surface area (Å²) < 4.78 is 16.9. The molecule has 1 saturated heterocycles. The highest BCUT2D eigenvalue weighted by Gasteiger charge is 2.22. The molecule has 1 fully saturated rings. The molecule has 2 aromatic carbocycles. The maximum absolute atomic E-state index is 13.7. The highest BCUT2D eigenvalue weighted by molar-refractivity contribution is 9.10. The SMILES string of the molecule is Fc1c[c]c(Cl)c(N2CCN(Cc3c(-c4ccc(Br)cc4)nc4ccccn34)CC2)c1. The number of anilines is 1. The first-order chi connectivity index (χ1) is 15.1. The minimum atomic E-state index is -0.313. The number of fused-ring (bicyclic) bond motifs is 1. The van der Waals surface area contributed by atoms with Gasteiger partial charge in [-0.2, -0.15) is 0 Å². The zero-order valence-corrected chi connectivity index (χ0v) is 19.1. The van der Waals surface area contributed by atoms with Gasteiger partial charge >= 0.3 is 0 Å². The number of imidazole rings is 1. The largest absolute Gasteiger partial charge is 0.368 e. The minimum Gasteiger partial charge on any atom is -0.368 e. The molecule has 4 nitrogen and oxygen atoms in total. The Bertz CT molecular complexity index is 1220. The van der Waals surface area contributed by atoms with E-state index < -0.39 is 0 Å². The van der Waals surface area contributed by atoms with Crippen LogP contribution in [0.1, 0.15) is 5.69 Å². The lowest BCUT2D eigenvalue weighted by Gasteiger charge is -2.36. The summed E-state index contributed by atoms with van der Waals surface area (Å²) in [5.41, 5.74) is 4.93. The Kier molecular flexibility index (Phi) is 5.69. The Morgan fingerprint density at radius 1 is 1.06 bits per heavy atom. The van der Waals surface area contributed by atoms with Gasteiger partial charge in [-0.1, -0.05) is 45.7 Å². The summed E-state index contributed by atoms with van der Waals surface area (Å²) >= 11 is 9.77. The van der Waals surface area contributed by atoms with Gasteiger partial charge in [-0.25, -0.2) is 9.37 Å². The summed E-state index contributed by atoms with van der Waals surface area (Å²) in [6.45, 7) is 4.05. The Balaban J connectivity index is 1.39. The van der Waals surface area contributed by atoms with Crippen molar-refractivity contribution in [1.82, 2.24) is 14.3 Å². The molecule has 31 heavy (non-hydrogen) atoms. The molecule has 0 amide bonds. The topological polar surface area (TPSA) is 23.8 Å². The van der Waals surface area contributed by atoms with Crippen LogP contribution in [0.4, 0.5) is 10.1 Å². The second kappa shape index (κ2) is 8.61. The van der Waals surface area contributed by atoms with Crippen LogP contribution < -0.4 is 4.90 Å². The summed E-state index contributed by atoms with van der Waals surface area (Å²) in [4.78, 5) is 9.45. The number of halogens is 3. The Labute approximate surface area is 194 Å². The van der Waals surface area contributed by atoms with Crippen molar-refractivity contribution in [2.24, 2.45) is 0 Å². The van der Waals surface area contributed by atoms with Crippen LogP contribution in [0.5, 0.6) is 0 Å². The molecule has 7 heteroatoms. The summed E-state index contributed by atoms with van der Waals surface area (Å²) in [5, 5.41) is 0.467. The second-order valence-electron chi connectivity index (χ2n) is 7.62. The first-order valence-electron chi connectivity index (χ1n) is 10.1. The Morgan fingerprint density at radius 3 is 2.61 bits per heavy atom. The van der Waals surface area contributed by atoms with Gasteiger partial charge in [0.15, 0.2) is 0 Å². The molecule has 0 bridgehead atoms. The molecule has 1 radical (unpaired) electrons. The fraction of sp³-hybridized carbons (Fsp3) is 0.208. The van der Waals surface area contributed by atoms with E-state index in [1.54, 1.807) is 0 Å². The number of piperazine rings is 1. The van der Waals surface area contributed by atoms with Crippen molar-refractivity contribution in [3.8, 4) is 11.3 Å². The van der Waals surface area contributed by atoms with Crippen molar-refractivity contribution in [1.29, 1.82) is 0 Å². The fourth-order valence-electron chi connectivity index (χ4n) is 4.07. The van der Waals surface area contributed by atoms with Crippen LogP contribution >= 0.6 is 27.5 Å². The zero-order chi connectivity index (χ0) is 21.4. The van der Waals surface area contributed by atoms with E-state index in [4.69, 9.17) is 16.6 Å². The number of pyridine rings is 1. The second-order valence-corrected chi connectivity index (χ2v) is 8.92.